The zero-order valence-corrected chi connectivity index (χ0v) is 16.1. The molecule has 0 fully saturated rings. The Morgan fingerprint density at radius 1 is 1.12 bits per heavy atom. The van der Waals surface area contributed by atoms with Gasteiger partial charge in [-0.3, -0.25) is 10.1 Å². The van der Waals surface area contributed by atoms with Crippen molar-refractivity contribution in [3.05, 3.63) is 87.0 Å². The van der Waals surface area contributed by atoms with Crippen LogP contribution in [0.15, 0.2) is 54.6 Å². The second-order valence-corrected chi connectivity index (χ2v) is 6.85. The first-order valence-electron chi connectivity index (χ1n) is 8.66. The Labute approximate surface area is 155 Å². The molecule has 0 amide bonds. The van der Waals surface area contributed by atoms with Crippen LogP contribution in [0.3, 0.4) is 0 Å². The lowest BCUT2D eigenvalue weighted by molar-refractivity contribution is -0.384. The summed E-state index contributed by atoms with van der Waals surface area (Å²) >= 11 is 0. The van der Waals surface area contributed by atoms with Crippen LogP contribution in [0.5, 0.6) is 0 Å². The minimum absolute atomic E-state index is 0.00222. The molecule has 2 aromatic rings. The fourth-order valence-electron chi connectivity index (χ4n) is 2.80. The van der Waals surface area contributed by atoms with Crippen molar-refractivity contribution in [1.29, 1.82) is 0 Å². The quantitative estimate of drug-likeness (QED) is 0.510. The average molecular weight is 350 g/mol. The summed E-state index contributed by atoms with van der Waals surface area (Å²) in [6, 6.07) is 12.9. The third kappa shape index (κ3) is 4.39. The van der Waals surface area contributed by atoms with Gasteiger partial charge in [-0.2, -0.15) is 0 Å². The summed E-state index contributed by atoms with van der Waals surface area (Å²) in [6.45, 7) is 14.7. The third-order valence-electron chi connectivity index (χ3n) is 4.73. The Balaban J connectivity index is 2.20. The lowest BCUT2D eigenvalue weighted by atomic mass is 9.95. The fraction of sp³-hybridized carbons (Fsp3) is 0.273. The van der Waals surface area contributed by atoms with Gasteiger partial charge in [-0.25, -0.2) is 0 Å². The van der Waals surface area contributed by atoms with Crippen LogP contribution in [0, 0.1) is 17.0 Å². The maximum atomic E-state index is 10.8. The van der Waals surface area contributed by atoms with Crippen LogP contribution in [-0.4, -0.2) is 4.92 Å². The number of benzene rings is 2. The van der Waals surface area contributed by atoms with Crippen molar-refractivity contribution in [3.8, 4) is 0 Å². The van der Waals surface area contributed by atoms with Crippen LogP contribution < -0.4 is 5.32 Å². The Hall–Kier alpha value is -2.88. The van der Waals surface area contributed by atoms with Gasteiger partial charge in [-0.1, -0.05) is 36.4 Å². The van der Waals surface area contributed by atoms with Crippen molar-refractivity contribution in [3.63, 3.8) is 0 Å². The van der Waals surface area contributed by atoms with E-state index in [4.69, 9.17) is 0 Å². The van der Waals surface area contributed by atoms with Crippen molar-refractivity contribution in [2.75, 3.05) is 0 Å². The maximum absolute atomic E-state index is 10.8. The first kappa shape index (κ1) is 19.4. The van der Waals surface area contributed by atoms with Crippen LogP contribution in [0.4, 0.5) is 5.69 Å². The lowest BCUT2D eigenvalue weighted by Gasteiger charge is -2.19. The van der Waals surface area contributed by atoms with Crippen LogP contribution in [-0.2, 0) is 0 Å². The molecule has 0 aromatic heterocycles. The average Bonchev–Trinajstić information content (AvgIpc) is 2.61. The predicted octanol–water partition coefficient (Wildman–Crippen LogP) is 6.04. The number of allylic oxidation sites excluding steroid dienone is 2. The van der Waals surface area contributed by atoms with Crippen LogP contribution in [0.25, 0.3) is 11.3 Å². The van der Waals surface area contributed by atoms with E-state index in [0.717, 1.165) is 16.8 Å². The molecule has 4 nitrogen and oxygen atoms in total. The smallest absolute Gasteiger partial charge is 0.269 e. The van der Waals surface area contributed by atoms with Crippen molar-refractivity contribution in [1.82, 2.24) is 5.32 Å². The molecule has 0 aliphatic heterocycles. The Kier molecular flexibility index (Phi) is 5.98. The highest BCUT2D eigenvalue weighted by atomic mass is 16.6. The Bertz CT molecular complexity index is 860. The van der Waals surface area contributed by atoms with Crippen LogP contribution >= 0.6 is 0 Å². The van der Waals surface area contributed by atoms with Gasteiger partial charge in [0, 0.05) is 23.9 Å². The number of nitrogens with one attached hydrogen (secondary N) is 1. The molecule has 0 radical (unpaired) electrons. The molecule has 0 bridgehead atoms. The van der Waals surface area contributed by atoms with Gasteiger partial charge in [-0.15, -0.1) is 0 Å². The predicted molar refractivity (Wildman–Crippen MR) is 109 cm³/mol. The van der Waals surface area contributed by atoms with E-state index in [2.05, 4.69) is 57.8 Å². The molecule has 0 saturated carbocycles. The molecule has 0 aliphatic carbocycles. The minimum Gasteiger partial charge on any atom is -0.379 e. The van der Waals surface area contributed by atoms with E-state index in [1.807, 2.05) is 6.92 Å². The van der Waals surface area contributed by atoms with Crippen LogP contribution in [0.1, 0.15) is 56.0 Å². The summed E-state index contributed by atoms with van der Waals surface area (Å²) in [5, 5.41) is 14.2. The van der Waals surface area contributed by atoms with E-state index in [9.17, 15) is 10.1 Å². The second kappa shape index (κ2) is 8.00. The number of rotatable bonds is 6. The number of nitrogens with zero attached hydrogens (tertiary/aromatic N) is 1. The summed E-state index contributed by atoms with van der Waals surface area (Å²) < 4.78 is 0. The number of hydrogen-bond acceptors (Lipinski definition) is 3. The molecule has 4 heteroatoms. The van der Waals surface area contributed by atoms with Gasteiger partial charge < -0.3 is 5.32 Å². The second-order valence-electron chi connectivity index (χ2n) is 6.85. The third-order valence-corrected chi connectivity index (χ3v) is 4.73. The van der Waals surface area contributed by atoms with Gasteiger partial charge in [0.15, 0.2) is 0 Å². The first-order chi connectivity index (χ1) is 12.2. The maximum Gasteiger partial charge on any atom is 0.269 e. The van der Waals surface area contributed by atoms with Crippen molar-refractivity contribution >= 4 is 17.0 Å². The van der Waals surface area contributed by atoms with E-state index < -0.39 is 0 Å². The molecule has 2 rings (SSSR count). The van der Waals surface area contributed by atoms with E-state index in [1.54, 1.807) is 12.1 Å². The van der Waals surface area contributed by atoms with E-state index >= 15 is 0 Å². The first-order valence-corrected chi connectivity index (χ1v) is 8.66. The normalized spacial score (nSPS) is 11.6. The number of non-ortho nitro benzene ring substituents is 1. The van der Waals surface area contributed by atoms with Crippen molar-refractivity contribution in [2.24, 2.45) is 0 Å². The van der Waals surface area contributed by atoms with Gasteiger partial charge in [0.2, 0.25) is 0 Å². The molecular weight excluding hydrogens is 324 g/mol. The highest BCUT2D eigenvalue weighted by Crippen LogP contribution is 2.26. The molecule has 136 valence electrons. The highest BCUT2D eigenvalue weighted by molar-refractivity contribution is 5.73. The summed E-state index contributed by atoms with van der Waals surface area (Å²) in [5.74, 6) is 0. The van der Waals surface area contributed by atoms with E-state index in [1.165, 1.54) is 34.4 Å². The molecule has 0 saturated heterocycles. The van der Waals surface area contributed by atoms with Gasteiger partial charge in [0.05, 0.1) is 4.92 Å². The Morgan fingerprint density at radius 3 is 2.27 bits per heavy atom. The van der Waals surface area contributed by atoms with Gasteiger partial charge in [-0.05, 0) is 68.5 Å². The number of nitro benzene ring substituents is 1. The van der Waals surface area contributed by atoms with Gasteiger partial charge in [0.25, 0.3) is 5.69 Å². The van der Waals surface area contributed by atoms with Crippen molar-refractivity contribution < 1.29 is 4.92 Å². The lowest BCUT2D eigenvalue weighted by Crippen LogP contribution is -2.16. The molecule has 1 atom stereocenters. The van der Waals surface area contributed by atoms with Crippen molar-refractivity contribution in [2.45, 2.75) is 40.7 Å². The largest absolute Gasteiger partial charge is 0.379 e. The highest BCUT2D eigenvalue weighted by Gasteiger charge is 2.11. The minimum atomic E-state index is -0.389. The zero-order chi connectivity index (χ0) is 19.4. The summed E-state index contributed by atoms with van der Waals surface area (Å²) in [5.41, 5.74) is 7.99. The Morgan fingerprint density at radius 2 is 1.73 bits per heavy atom. The molecule has 0 spiro atoms. The topological polar surface area (TPSA) is 55.2 Å². The van der Waals surface area contributed by atoms with E-state index in [0.29, 0.717) is 0 Å². The molecule has 26 heavy (non-hydrogen) atoms. The number of aryl methyl sites for hydroxylation is 1. The van der Waals surface area contributed by atoms with Gasteiger partial charge >= 0.3 is 0 Å². The molecule has 1 N–H and O–H groups in total. The summed E-state index contributed by atoms with van der Waals surface area (Å²) in [4.78, 5) is 10.4. The molecule has 0 aliphatic rings. The fourth-order valence-corrected chi connectivity index (χ4v) is 2.80. The summed E-state index contributed by atoms with van der Waals surface area (Å²) in [7, 11) is 0. The van der Waals surface area contributed by atoms with Gasteiger partial charge in [0.1, 0.15) is 0 Å². The molecule has 0 heterocycles. The molecule has 0 unspecified atom stereocenters. The summed E-state index contributed by atoms with van der Waals surface area (Å²) in [6.07, 6.45) is 0. The molecule has 2 aromatic carbocycles. The standard InChI is InChI=1S/C22H26N2O2/c1-14(2)16(4)22-13-20(8-7-15(22)3)18(6)23-17(5)19-9-11-21(12-10-19)24(25)26/h7-13,17,23H,6H2,1-5H3/t17-/m0/s1. The number of hydrogen-bond donors (Lipinski definition) is 1. The SMILES string of the molecule is C=C(N[C@@H](C)c1ccc([N+](=O)[O-])cc1)c1ccc(C)c(C(C)=C(C)C)c1. The molecular formula is C22H26N2O2. The van der Waals surface area contributed by atoms with E-state index in [-0.39, 0.29) is 16.7 Å². The number of nitro groups is 1. The zero-order valence-electron chi connectivity index (χ0n) is 16.1. The van der Waals surface area contributed by atoms with Crippen LogP contribution in [0.2, 0.25) is 0 Å². The monoisotopic (exact) mass is 350 g/mol.